The fourth-order valence-electron chi connectivity index (χ4n) is 3.14. The van der Waals surface area contributed by atoms with E-state index in [0.717, 1.165) is 5.75 Å². The van der Waals surface area contributed by atoms with Gasteiger partial charge in [-0.3, -0.25) is 14.4 Å². The number of carbonyl (C=O) groups excluding carboxylic acids is 3. The van der Waals surface area contributed by atoms with Crippen LogP contribution in [0.15, 0.2) is 48.5 Å². The number of Topliss-reactive ketones (excluding diaryl/α,β-unsaturated/α-hetero) is 1. The summed E-state index contributed by atoms with van der Waals surface area (Å²) < 4.78 is 15.7. The van der Waals surface area contributed by atoms with E-state index in [0.29, 0.717) is 23.6 Å². The van der Waals surface area contributed by atoms with Gasteiger partial charge in [-0.05, 0) is 43.3 Å². The number of anilines is 1. The van der Waals surface area contributed by atoms with Gasteiger partial charge in [0.2, 0.25) is 5.91 Å². The largest absolute Gasteiger partial charge is 0.497 e. The van der Waals surface area contributed by atoms with Gasteiger partial charge in [0.15, 0.2) is 12.4 Å². The van der Waals surface area contributed by atoms with Gasteiger partial charge in [-0.2, -0.15) is 0 Å². The van der Waals surface area contributed by atoms with Crippen LogP contribution in [0.5, 0.6) is 11.5 Å². The van der Waals surface area contributed by atoms with Crippen LogP contribution in [0.1, 0.15) is 23.7 Å². The number of esters is 1. The Morgan fingerprint density at radius 1 is 1.10 bits per heavy atom. The molecule has 0 unspecified atom stereocenters. The van der Waals surface area contributed by atoms with Crippen LogP contribution in [0, 0.1) is 5.92 Å². The van der Waals surface area contributed by atoms with E-state index in [1.54, 1.807) is 53.4 Å². The highest BCUT2D eigenvalue weighted by molar-refractivity contribution is 6.01. The third kappa shape index (κ3) is 4.93. The number of ketones is 1. The Balaban J connectivity index is 1.56. The Bertz CT molecular complexity index is 892. The molecule has 0 radical (unpaired) electrons. The van der Waals surface area contributed by atoms with Crippen molar-refractivity contribution >= 4 is 23.3 Å². The molecule has 0 bridgehead atoms. The molecule has 0 aliphatic carbocycles. The summed E-state index contributed by atoms with van der Waals surface area (Å²) in [7, 11) is 1.51. The topological polar surface area (TPSA) is 82.1 Å². The van der Waals surface area contributed by atoms with Gasteiger partial charge < -0.3 is 19.1 Å². The van der Waals surface area contributed by atoms with Gasteiger partial charge >= 0.3 is 5.97 Å². The summed E-state index contributed by atoms with van der Waals surface area (Å²) in [6, 6.07) is 13.8. The maximum absolute atomic E-state index is 12.4. The van der Waals surface area contributed by atoms with E-state index in [-0.39, 0.29) is 31.3 Å². The number of benzene rings is 2. The number of ether oxygens (including phenoxy) is 3. The van der Waals surface area contributed by atoms with Crippen molar-refractivity contribution in [3.63, 3.8) is 0 Å². The van der Waals surface area contributed by atoms with Crippen molar-refractivity contribution in [2.24, 2.45) is 5.92 Å². The monoisotopic (exact) mass is 397 g/mol. The zero-order chi connectivity index (χ0) is 20.8. The van der Waals surface area contributed by atoms with Crippen molar-refractivity contribution in [1.82, 2.24) is 0 Å². The minimum atomic E-state index is -0.604. The van der Waals surface area contributed by atoms with E-state index in [1.807, 2.05) is 6.92 Å². The molecule has 1 saturated heterocycles. The van der Waals surface area contributed by atoms with E-state index in [1.165, 1.54) is 7.11 Å². The summed E-state index contributed by atoms with van der Waals surface area (Å²) in [4.78, 5) is 38.5. The standard InChI is InChI=1S/C22H23NO6/c1-3-28-18-9-7-17(8-10-18)23-13-16(12-21(23)25)22(26)29-14-20(24)15-5-4-6-19(11-15)27-2/h4-11,16H,3,12-14H2,1-2H3/t16-/m0/s1. The van der Waals surface area contributed by atoms with Crippen LogP contribution >= 0.6 is 0 Å². The van der Waals surface area contributed by atoms with Gasteiger partial charge in [-0.15, -0.1) is 0 Å². The molecule has 1 fully saturated rings. The minimum Gasteiger partial charge on any atom is -0.497 e. The third-order valence-electron chi connectivity index (χ3n) is 4.66. The van der Waals surface area contributed by atoms with Crippen molar-refractivity contribution in [1.29, 1.82) is 0 Å². The van der Waals surface area contributed by atoms with Crippen LogP contribution in [0.3, 0.4) is 0 Å². The minimum absolute atomic E-state index is 0.0550. The first-order valence-electron chi connectivity index (χ1n) is 9.39. The molecule has 1 heterocycles. The molecular weight excluding hydrogens is 374 g/mol. The molecule has 0 spiro atoms. The number of carbonyl (C=O) groups is 3. The zero-order valence-electron chi connectivity index (χ0n) is 16.4. The molecule has 1 aliphatic rings. The van der Waals surface area contributed by atoms with Gasteiger partial charge in [0.25, 0.3) is 0 Å². The van der Waals surface area contributed by atoms with Gasteiger partial charge in [0.1, 0.15) is 11.5 Å². The molecule has 152 valence electrons. The number of nitrogens with zero attached hydrogens (tertiary/aromatic N) is 1. The van der Waals surface area contributed by atoms with Gasteiger partial charge in [0, 0.05) is 24.2 Å². The molecular formula is C22H23NO6. The molecule has 1 amide bonds. The van der Waals surface area contributed by atoms with Gasteiger partial charge in [-0.1, -0.05) is 12.1 Å². The Hall–Kier alpha value is -3.35. The molecule has 29 heavy (non-hydrogen) atoms. The summed E-state index contributed by atoms with van der Waals surface area (Å²) in [5.41, 5.74) is 1.09. The highest BCUT2D eigenvalue weighted by Crippen LogP contribution is 2.27. The number of methoxy groups -OCH3 is 1. The first kappa shape index (κ1) is 20.4. The van der Waals surface area contributed by atoms with Crippen LogP contribution in [0.25, 0.3) is 0 Å². The molecule has 0 N–H and O–H groups in total. The number of hydrogen-bond donors (Lipinski definition) is 0. The second-order valence-corrected chi connectivity index (χ2v) is 6.60. The van der Waals surface area contributed by atoms with Crippen LogP contribution in [-0.2, 0) is 14.3 Å². The summed E-state index contributed by atoms with van der Waals surface area (Å²) in [6.07, 6.45) is 0.0550. The average Bonchev–Trinajstić information content (AvgIpc) is 3.14. The Kier molecular flexibility index (Phi) is 6.49. The fraction of sp³-hybridized carbons (Fsp3) is 0.318. The summed E-state index contributed by atoms with van der Waals surface area (Å²) >= 11 is 0. The first-order chi connectivity index (χ1) is 14.0. The normalized spacial score (nSPS) is 15.9. The number of hydrogen-bond acceptors (Lipinski definition) is 6. The van der Waals surface area contributed by atoms with Crippen molar-refractivity contribution in [2.75, 3.05) is 31.8 Å². The molecule has 2 aromatic rings. The molecule has 7 heteroatoms. The Labute approximate surface area is 169 Å². The fourth-order valence-corrected chi connectivity index (χ4v) is 3.14. The van der Waals surface area contributed by atoms with E-state index in [2.05, 4.69) is 0 Å². The predicted octanol–water partition coefficient (Wildman–Crippen LogP) is 2.87. The van der Waals surface area contributed by atoms with Crippen molar-refractivity contribution in [2.45, 2.75) is 13.3 Å². The molecule has 1 atom stereocenters. The van der Waals surface area contributed by atoms with Gasteiger partial charge in [-0.25, -0.2) is 0 Å². The van der Waals surface area contributed by atoms with Crippen molar-refractivity contribution in [3.8, 4) is 11.5 Å². The number of amides is 1. The second kappa shape index (κ2) is 9.23. The average molecular weight is 397 g/mol. The molecule has 0 saturated carbocycles. The highest BCUT2D eigenvalue weighted by atomic mass is 16.5. The third-order valence-corrected chi connectivity index (χ3v) is 4.66. The van der Waals surface area contributed by atoms with E-state index in [9.17, 15) is 14.4 Å². The molecule has 7 nitrogen and oxygen atoms in total. The number of rotatable bonds is 8. The smallest absolute Gasteiger partial charge is 0.311 e. The lowest BCUT2D eigenvalue weighted by Crippen LogP contribution is -2.27. The van der Waals surface area contributed by atoms with E-state index < -0.39 is 11.9 Å². The Morgan fingerprint density at radius 2 is 1.86 bits per heavy atom. The second-order valence-electron chi connectivity index (χ2n) is 6.60. The molecule has 1 aliphatic heterocycles. The van der Waals surface area contributed by atoms with Crippen LogP contribution < -0.4 is 14.4 Å². The Morgan fingerprint density at radius 3 is 2.55 bits per heavy atom. The lowest BCUT2D eigenvalue weighted by atomic mass is 10.1. The lowest BCUT2D eigenvalue weighted by molar-refractivity contribution is -0.147. The maximum Gasteiger partial charge on any atom is 0.311 e. The quantitative estimate of drug-likeness (QED) is 0.503. The summed E-state index contributed by atoms with van der Waals surface area (Å²) in [5, 5.41) is 0. The van der Waals surface area contributed by atoms with Crippen molar-refractivity contribution < 1.29 is 28.6 Å². The van der Waals surface area contributed by atoms with Crippen molar-refractivity contribution in [3.05, 3.63) is 54.1 Å². The molecule has 0 aromatic heterocycles. The lowest BCUT2D eigenvalue weighted by Gasteiger charge is -2.17. The summed E-state index contributed by atoms with van der Waals surface area (Å²) in [6.45, 7) is 2.30. The van der Waals surface area contributed by atoms with Crippen LogP contribution in [0.4, 0.5) is 5.69 Å². The van der Waals surface area contributed by atoms with E-state index >= 15 is 0 Å². The van der Waals surface area contributed by atoms with Crippen LogP contribution in [-0.4, -0.2) is 44.5 Å². The molecule has 2 aromatic carbocycles. The van der Waals surface area contributed by atoms with E-state index in [4.69, 9.17) is 14.2 Å². The molecule has 3 rings (SSSR count). The van der Waals surface area contributed by atoms with Crippen LogP contribution in [0.2, 0.25) is 0 Å². The van der Waals surface area contributed by atoms with Gasteiger partial charge in [0.05, 0.1) is 19.6 Å². The predicted molar refractivity (Wildman–Crippen MR) is 106 cm³/mol. The highest BCUT2D eigenvalue weighted by Gasteiger charge is 2.36. The summed E-state index contributed by atoms with van der Waals surface area (Å²) in [5.74, 6) is -0.375. The SMILES string of the molecule is CCOc1ccc(N2C[C@@H](C(=O)OCC(=O)c3cccc(OC)c3)CC2=O)cc1. The maximum atomic E-state index is 12.4. The first-order valence-corrected chi connectivity index (χ1v) is 9.39. The zero-order valence-corrected chi connectivity index (χ0v) is 16.4.